The van der Waals surface area contributed by atoms with Crippen molar-refractivity contribution in [3.8, 4) is 0 Å². The molecule has 1 N–H and O–H groups in total. The van der Waals surface area contributed by atoms with Crippen LogP contribution in [0.1, 0.15) is 32.6 Å². The maximum absolute atomic E-state index is 11.8. The average Bonchev–Trinajstić information content (AvgIpc) is 2.56. The van der Waals surface area contributed by atoms with Gasteiger partial charge < -0.3 is 10.2 Å². The van der Waals surface area contributed by atoms with Crippen molar-refractivity contribution in [1.29, 1.82) is 0 Å². The van der Waals surface area contributed by atoms with Crippen LogP contribution in [0.15, 0.2) is 0 Å². The van der Waals surface area contributed by atoms with Crippen LogP contribution < -0.4 is 5.32 Å². The quantitative estimate of drug-likeness (QED) is 0.794. The predicted molar refractivity (Wildman–Crippen MR) is 71.2 cm³/mol. The number of nitrogens with zero attached hydrogens (tertiary/aromatic N) is 2. The lowest BCUT2D eigenvalue weighted by atomic mass is 10.2. The Morgan fingerprint density at radius 2 is 1.72 bits per heavy atom. The van der Waals surface area contributed by atoms with Crippen LogP contribution in [-0.2, 0) is 9.59 Å². The normalized spacial score (nSPS) is 18.8. The largest absolute Gasteiger partial charge is 0.347 e. The molecule has 1 aliphatic rings. The lowest BCUT2D eigenvalue weighted by molar-refractivity contribution is -0.134. The summed E-state index contributed by atoms with van der Waals surface area (Å²) in [7, 11) is 3.39. The molecular formula is C13H25N3O2. The van der Waals surface area contributed by atoms with Crippen molar-refractivity contribution in [2.24, 2.45) is 0 Å². The molecule has 0 aromatic carbocycles. The monoisotopic (exact) mass is 255 g/mol. The van der Waals surface area contributed by atoms with E-state index in [1.165, 1.54) is 30.6 Å². The Labute approximate surface area is 110 Å². The van der Waals surface area contributed by atoms with Gasteiger partial charge in [0.2, 0.25) is 11.8 Å². The van der Waals surface area contributed by atoms with Gasteiger partial charge in [-0.25, -0.2) is 0 Å². The van der Waals surface area contributed by atoms with E-state index in [-0.39, 0.29) is 11.8 Å². The minimum Gasteiger partial charge on any atom is -0.347 e. The van der Waals surface area contributed by atoms with Gasteiger partial charge in [0.25, 0.3) is 0 Å². The number of likely N-dealkylation sites (N-methyl/N-ethyl adjacent to an activating group) is 1. The maximum atomic E-state index is 11.8. The summed E-state index contributed by atoms with van der Waals surface area (Å²) < 4.78 is 0. The van der Waals surface area contributed by atoms with E-state index < -0.39 is 6.04 Å². The van der Waals surface area contributed by atoms with Crippen molar-refractivity contribution >= 4 is 11.8 Å². The third kappa shape index (κ3) is 5.04. The molecule has 5 nitrogen and oxygen atoms in total. The zero-order valence-corrected chi connectivity index (χ0v) is 11.7. The first kappa shape index (κ1) is 15.0. The summed E-state index contributed by atoms with van der Waals surface area (Å²) in [4.78, 5) is 27.1. The summed E-state index contributed by atoms with van der Waals surface area (Å²) in [5, 5.41) is 2.76. The van der Waals surface area contributed by atoms with E-state index in [0.29, 0.717) is 6.54 Å². The van der Waals surface area contributed by atoms with E-state index in [1.54, 1.807) is 21.0 Å². The van der Waals surface area contributed by atoms with Gasteiger partial charge in [-0.15, -0.1) is 0 Å². The number of likely N-dealkylation sites (tertiary alicyclic amines) is 1. The second-order valence-corrected chi connectivity index (χ2v) is 5.21. The molecule has 1 unspecified atom stereocenters. The molecule has 0 aromatic heterocycles. The number of carbonyl (C=O) groups excluding carboxylic acids is 2. The average molecular weight is 255 g/mol. The molecule has 1 heterocycles. The third-order valence-corrected chi connectivity index (χ3v) is 3.25. The van der Waals surface area contributed by atoms with Crippen LogP contribution in [0.2, 0.25) is 0 Å². The standard InChI is InChI=1S/C13H25N3O2/c1-11(13(18)15(2)3)14-12(17)10-16-8-6-4-5-7-9-16/h11H,4-10H2,1-3H3,(H,14,17). The highest BCUT2D eigenvalue weighted by molar-refractivity contribution is 5.87. The maximum Gasteiger partial charge on any atom is 0.244 e. The molecule has 0 spiro atoms. The van der Waals surface area contributed by atoms with Crippen LogP contribution in [0, 0.1) is 0 Å². The molecule has 0 saturated carbocycles. The van der Waals surface area contributed by atoms with Crippen LogP contribution in [0.3, 0.4) is 0 Å². The fourth-order valence-corrected chi connectivity index (χ4v) is 2.23. The first-order valence-electron chi connectivity index (χ1n) is 6.73. The summed E-state index contributed by atoms with van der Waals surface area (Å²) >= 11 is 0. The highest BCUT2D eigenvalue weighted by Crippen LogP contribution is 2.08. The van der Waals surface area contributed by atoms with Crippen LogP contribution in [-0.4, -0.2) is 61.4 Å². The smallest absolute Gasteiger partial charge is 0.244 e. The molecule has 1 saturated heterocycles. The first-order valence-corrected chi connectivity index (χ1v) is 6.73. The van der Waals surface area contributed by atoms with Crippen molar-refractivity contribution in [3.63, 3.8) is 0 Å². The van der Waals surface area contributed by atoms with E-state index in [0.717, 1.165) is 13.1 Å². The zero-order chi connectivity index (χ0) is 13.5. The highest BCUT2D eigenvalue weighted by Gasteiger charge is 2.19. The second-order valence-electron chi connectivity index (χ2n) is 5.21. The van der Waals surface area contributed by atoms with E-state index >= 15 is 0 Å². The molecule has 0 aromatic rings. The molecular weight excluding hydrogens is 230 g/mol. The number of amides is 2. The fraction of sp³-hybridized carbons (Fsp3) is 0.846. The number of hydrogen-bond donors (Lipinski definition) is 1. The molecule has 1 rings (SSSR count). The molecule has 1 fully saturated rings. The predicted octanol–water partition coefficient (Wildman–Crippen LogP) is 0.455. The highest BCUT2D eigenvalue weighted by atomic mass is 16.2. The summed E-state index contributed by atoms with van der Waals surface area (Å²) in [6.07, 6.45) is 4.85. The summed E-state index contributed by atoms with van der Waals surface area (Å²) in [6, 6.07) is -0.445. The molecule has 0 radical (unpaired) electrons. The van der Waals surface area contributed by atoms with Gasteiger partial charge in [-0.3, -0.25) is 14.5 Å². The molecule has 5 heteroatoms. The summed E-state index contributed by atoms with van der Waals surface area (Å²) in [6.45, 7) is 4.11. The fourth-order valence-electron chi connectivity index (χ4n) is 2.23. The van der Waals surface area contributed by atoms with Gasteiger partial charge in [-0.1, -0.05) is 12.8 Å². The minimum atomic E-state index is -0.445. The third-order valence-electron chi connectivity index (χ3n) is 3.25. The molecule has 1 aliphatic heterocycles. The lowest BCUT2D eigenvalue weighted by Crippen LogP contribution is -2.47. The Bertz CT molecular complexity index is 284. The van der Waals surface area contributed by atoms with Gasteiger partial charge in [0.15, 0.2) is 0 Å². The number of rotatable bonds is 4. The van der Waals surface area contributed by atoms with Gasteiger partial charge in [-0.05, 0) is 32.9 Å². The van der Waals surface area contributed by atoms with Gasteiger partial charge in [0, 0.05) is 14.1 Å². The first-order chi connectivity index (χ1) is 8.50. The van der Waals surface area contributed by atoms with Crippen LogP contribution in [0.25, 0.3) is 0 Å². The van der Waals surface area contributed by atoms with Crippen molar-refractivity contribution in [1.82, 2.24) is 15.1 Å². The Morgan fingerprint density at radius 3 is 2.22 bits per heavy atom. The van der Waals surface area contributed by atoms with Gasteiger partial charge in [0.1, 0.15) is 6.04 Å². The van der Waals surface area contributed by atoms with Gasteiger partial charge in [-0.2, -0.15) is 0 Å². The van der Waals surface area contributed by atoms with Crippen LogP contribution in [0.4, 0.5) is 0 Å². The topological polar surface area (TPSA) is 52.7 Å². The van der Waals surface area contributed by atoms with Crippen molar-refractivity contribution in [2.45, 2.75) is 38.6 Å². The number of hydrogen-bond acceptors (Lipinski definition) is 3. The van der Waals surface area contributed by atoms with E-state index in [2.05, 4.69) is 10.2 Å². The van der Waals surface area contributed by atoms with Crippen molar-refractivity contribution in [2.75, 3.05) is 33.7 Å². The van der Waals surface area contributed by atoms with E-state index in [1.807, 2.05) is 0 Å². The Morgan fingerprint density at radius 1 is 1.17 bits per heavy atom. The van der Waals surface area contributed by atoms with Crippen LogP contribution in [0.5, 0.6) is 0 Å². The lowest BCUT2D eigenvalue weighted by Gasteiger charge is -2.22. The Balaban J connectivity index is 2.33. The molecule has 0 aliphatic carbocycles. The van der Waals surface area contributed by atoms with Gasteiger partial charge in [0.05, 0.1) is 6.54 Å². The van der Waals surface area contributed by atoms with Crippen molar-refractivity contribution < 1.29 is 9.59 Å². The zero-order valence-electron chi connectivity index (χ0n) is 11.7. The second kappa shape index (κ2) is 7.36. The van der Waals surface area contributed by atoms with Crippen LogP contribution >= 0.6 is 0 Å². The van der Waals surface area contributed by atoms with Crippen molar-refractivity contribution in [3.05, 3.63) is 0 Å². The van der Waals surface area contributed by atoms with E-state index in [9.17, 15) is 9.59 Å². The van der Waals surface area contributed by atoms with E-state index in [4.69, 9.17) is 0 Å². The summed E-state index contributed by atoms with van der Waals surface area (Å²) in [5.41, 5.74) is 0. The van der Waals surface area contributed by atoms with Gasteiger partial charge >= 0.3 is 0 Å². The Kier molecular flexibility index (Phi) is 6.12. The number of nitrogens with one attached hydrogen (secondary N) is 1. The Hall–Kier alpha value is -1.10. The molecule has 1 atom stereocenters. The molecule has 18 heavy (non-hydrogen) atoms. The number of carbonyl (C=O) groups is 2. The molecule has 0 bridgehead atoms. The molecule has 2 amide bonds. The summed E-state index contributed by atoms with van der Waals surface area (Å²) in [5.74, 6) is -0.126. The SMILES string of the molecule is CC(NC(=O)CN1CCCCCC1)C(=O)N(C)C. The molecule has 104 valence electrons. The minimum absolute atomic E-state index is 0.0559.